The van der Waals surface area contributed by atoms with E-state index in [4.69, 9.17) is 16.3 Å². The molecule has 1 aromatic heterocycles. The molecule has 2 heterocycles. The maximum absolute atomic E-state index is 6.00. The normalized spacial score (nSPS) is 12.8. The molecule has 18 heavy (non-hydrogen) atoms. The van der Waals surface area contributed by atoms with Crippen LogP contribution < -0.4 is 4.74 Å². The van der Waals surface area contributed by atoms with Gasteiger partial charge in [0, 0.05) is 17.6 Å². The average Bonchev–Trinajstić information content (AvgIpc) is 2.63. The first-order valence-electron chi connectivity index (χ1n) is 5.81. The van der Waals surface area contributed by atoms with Crippen LogP contribution in [0, 0.1) is 0 Å². The lowest BCUT2D eigenvalue weighted by Crippen LogP contribution is -2.01. The van der Waals surface area contributed by atoms with Gasteiger partial charge in [-0.2, -0.15) is 0 Å². The van der Waals surface area contributed by atoms with Gasteiger partial charge in [-0.15, -0.1) is 5.10 Å². The summed E-state index contributed by atoms with van der Waals surface area (Å²) in [5.41, 5.74) is 2.29. The second kappa shape index (κ2) is 4.46. The van der Waals surface area contributed by atoms with Gasteiger partial charge < -0.3 is 4.74 Å². The Labute approximate surface area is 110 Å². The quantitative estimate of drug-likeness (QED) is 0.712. The molecule has 1 aromatic carbocycles. The molecule has 1 aliphatic heterocycles. The van der Waals surface area contributed by atoms with E-state index in [0.29, 0.717) is 12.6 Å². The van der Waals surface area contributed by atoms with Crippen molar-refractivity contribution in [1.82, 2.24) is 14.8 Å². The van der Waals surface area contributed by atoms with E-state index in [-0.39, 0.29) is 0 Å². The summed E-state index contributed by atoms with van der Waals surface area (Å²) in [7, 11) is 0. The summed E-state index contributed by atoms with van der Waals surface area (Å²) in [6.45, 7) is 2.50. The van der Waals surface area contributed by atoms with Crippen LogP contribution in [0.3, 0.4) is 0 Å². The highest BCUT2D eigenvalue weighted by Gasteiger charge is 2.15. The summed E-state index contributed by atoms with van der Waals surface area (Å²) in [5, 5.41) is 8.93. The Bertz CT molecular complexity index is 619. The molecule has 0 radical (unpaired) electrons. The number of ether oxygens (including phenoxy) is 1. The van der Waals surface area contributed by atoms with E-state index < -0.39 is 0 Å². The molecule has 0 spiro atoms. The standard InChI is InChI=1S/C13H12ClN3O/c1-2-18-13-16-15-12-8-9-3-4-11(14)7-10(9)5-6-17(12)13/h3-7H,2,8H2,1H3. The largest absolute Gasteiger partial charge is 0.464 e. The van der Waals surface area contributed by atoms with E-state index in [1.54, 1.807) is 0 Å². The first-order chi connectivity index (χ1) is 8.78. The molecule has 92 valence electrons. The van der Waals surface area contributed by atoms with E-state index >= 15 is 0 Å². The maximum Gasteiger partial charge on any atom is 0.321 e. The van der Waals surface area contributed by atoms with Crippen molar-refractivity contribution in [2.45, 2.75) is 13.3 Å². The molecule has 4 nitrogen and oxygen atoms in total. The van der Waals surface area contributed by atoms with Gasteiger partial charge >= 0.3 is 6.01 Å². The van der Waals surface area contributed by atoms with E-state index in [1.165, 1.54) is 5.56 Å². The highest BCUT2D eigenvalue weighted by atomic mass is 35.5. The minimum atomic E-state index is 0.530. The lowest BCUT2D eigenvalue weighted by atomic mass is 10.1. The maximum atomic E-state index is 6.00. The summed E-state index contributed by atoms with van der Waals surface area (Å²) in [6, 6.07) is 6.40. The van der Waals surface area contributed by atoms with Crippen LogP contribution in [0.1, 0.15) is 23.9 Å². The number of nitrogens with zero attached hydrogens (tertiary/aromatic N) is 3. The average molecular weight is 262 g/mol. The molecule has 0 saturated heterocycles. The van der Waals surface area contributed by atoms with E-state index in [1.807, 2.05) is 42.0 Å². The van der Waals surface area contributed by atoms with Crippen LogP contribution in [-0.4, -0.2) is 21.4 Å². The number of halogens is 1. The van der Waals surface area contributed by atoms with Crippen molar-refractivity contribution < 1.29 is 4.74 Å². The fraction of sp³-hybridized carbons (Fsp3) is 0.231. The predicted octanol–water partition coefficient (Wildman–Crippen LogP) is 2.86. The number of aromatic nitrogens is 3. The lowest BCUT2D eigenvalue weighted by molar-refractivity contribution is 0.307. The summed E-state index contributed by atoms with van der Waals surface area (Å²) in [6.07, 6.45) is 4.64. The zero-order valence-electron chi connectivity index (χ0n) is 9.93. The third-order valence-corrected chi connectivity index (χ3v) is 3.10. The van der Waals surface area contributed by atoms with Gasteiger partial charge in [-0.25, -0.2) is 0 Å². The fourth-order valence-corrected chi connectivity index (χ4v) is 2.19. The van der Waals surface area contributed by atoms with Crippen LogP contribution in [0.25, 0.3) is 12.3 Å². The molecule has 0 N–H and O–H groups in total. The Hall–Kier alpha value is -1.81. The van der Waals surface area contributed by atoms with Crippen molar-refractivity contribution in [3.8, 4) is 6.01 Å². The zero-order chi connectivity index (χ0) is 12.5. The van der Waals surface area contributed by atoms with Gasteiger partial charge in [0.15, 0.2) is 0 Å². The first kappa shape index (κ1) is 11.3. The summed E-state index contributed by atoms with van der Waals surface area (Å²) < 4.78 is 7.31. The van der Waals surface area contributed by atoms with Gasteiger partial charge in [0.05, 0.1) is 6.61 Å². The monoisotopic (exact) mass is 261 g/mol. The van der Waals surface area contributed by atoms with Crippen LogP contribution in [0.2, 0.25) is 5.02 Å². The van der Waals surface area contributed by atoms with Crippen LogP contribution in [0.15, 0.2) is 18.2 Å². The van der Waals surface area contributed by atoms with Gasteiger partial charge in [-0.3, -0.25) is 4.57 Å². The zero-order valence-corrected chi connectivity index (χ0v) is 10.7. The Morgan fingerprint density at radius 2 is 2.28 bits per heavy atom. The highest BCUT2D eigenvalue weighted by Crippen LogP contribution is 2.25. The van der Waals surface area contributed by atoms with Crippen molar-refractivity contribution >= 4 is 23.9 Å². The van der Waals surface area contributed by atoms with E-state index in [9.17, 15) is 0 Å². The van der Waals surface area contributed by atoms with Crippen molar-refractivity contribution in [2.75, 3.05) is 6.61 Å². The van der Waals surface area contributed by atoms with Crippen LogP contribution in [-0.2, 0) is 6.42 Å². The lowest BCUT2D eigenvalue weighted by Gasteiger charge is -2.03. The van der Waals surface area contributed by atoms with Gasteiger partial charge in [-0.1, -0.05) is 22.8 Å². The number of benzene rings is 1. The Morgan fingerprint density at radius 1 is 1.39 bits per heavy atom. The van der Waals surface area contributed by atoms with E-state index in [0.717, 1.165) is 22.8 Å². The molecule has 0 saturated carbocycles. The SMILES string of the molecule is CCOc1nnc2n1C=Cc1cc(Cl)ccc1C2. The Morgan fingerprint density at radius 3 is 3.11 bits per heavy atom. The molecule has 0 atom stereocenters. The number of rotatable bonds is 2. The van der Waals surface area contributed by atoms with Crippen LogP contribution >= 0.6 is 11.6 Å². The fourth-order valence-electron chi connectivity index (χ4n) is 2.01. The van der Waals surface area contributed by atoms with Crippen LogP contribution in [0.4, 0.5) is 0 Å². The number of fused-ring (bicyclic) bond motifs is 2. The molecule has 0 amide bonds. The van der Waals surface area contributed by atoms with Crippen molar-refractivity contribution in [3.05, 3.63) is 40.2 Å². The minimum absolute atomic E-state index is 0.530. The summed E-state index contributed by atoms with van der Waals surface area (Å²) in [5.74, 6) is 0.871. The van der Waals surface area contributed by atoms with E-state index in [2.05, 4.69) is 10.2 Å². The summed E-state index contributed by atoms with van der Waals surface area (Å²) >= 11 is 6.00. The minimum Gasteiger partial charge on any atom is -0.464 e. The molecule has 0 bridgehead atoms. The van der Waals surface area contributed by atoms with Gasteiger partial charge in [0.1, 0.15) is 5.82 Å². The molecule has 3 rings (SSSR count). The highest BCUT2D eigenvalue weighted by molar-refractivity contribution is 6.30. The smallest absolute Gasteiger partial charge is 0.321 e. The van der Waals surface area contributed by atoms with Crippen molar-refractivity contribution in [1.29, 1.82) is 0 Å². The third kappa shape index (κ3) is 1.88. The molecular formula is C13H12ClN3O. The molecule has 0 unspecified atom stereocenters. The van der Waals surface area contributed by atoms with Gasteiger partial charge in [-0.05, 0) is 36.3 Å². The van der Waals surface area contributed by atoms with Crippen molar-refractivity contribution in [2.24, 2.45) is 0 Å². The Balaban J connectivity index is 2.06. The van der Waals surface area contributed by atoms with Crippen molar-refractivity contribution in [3.63, 3.8) is 0 Å². The first-order valence-corrected chi connectivity index (χ1v) is 6.19. The van der Waals surface area contributed by atoms with Gasteiger partial charge in [0.2, 0.25) is 0 Å². The topological polar surface area (TPSA) is 39.9 Å². The molecule has 0 fully saturated rings. The molecule has 0 aliphatic carbocycles. The molecule has 2 aromatic rings. The number of hydrogen-bond acceptors (Lipinski definition) is 3. The Kier molecular flexibility index (Phi) is 2.80. The molecule has 1 aliphatic rings. The third-order valence-electron chi connectivity index (χ3n) is 2.87. The molecule has 5 heteroatoms. The summed E-state index contributed by atoms with van der Waals surface area (Å²) in [4.78, 5) is 0. The second-order valence-corrected chi connectivity index (χ2v) is 4.47. The predicted molar refractivity (Wildman–Crippen MR) is 70.7 cm³/mol. The second-order valence-electron chi connectivity index (χ2n) is 4.04. The van der Waals surface area contributed by atoms with Crippen LogP contribution in [0.5, 0.6) is 6.01 Å². The van der Waals surface area contributed by atoms with Gasteiger partial charge in [0.25, 0.3) is 0 Å². The molecular weight excluding hydrogens is 250 g/mol. The number of hydrogen-bond donors (Lipinski definition) is 0.